The van der Waals surface area contributed by atoms with Crippen LogP contribution in [0.5, 0.6) is 5.75 Å². The zero-order valence-corrected chi connectivity index (χ0v) is 13.7. The van der Waals surface area contributed by atoms with Gasteiger partial charge in [0, 0.05) is 13.7 Å². The van der Waals surface area contributed by atoms with E-state index in [2.05, 4.69) is 5.32 Å². The van der Waals surface area contributed by atoms with E-state index in [1.807, 2.05) is 0 Å². The Morgan fingerprint density at radius 2 is 1.96 bits per heavy atom. The van der Waals surface area contributed by atoms with Crippen molar-refractivity contribution in [3.63, 3.8) is 0 Å². The molecule has 2 amide bonds. The van der Waals surface area contributed by atoms with Crippen LogP contribution >= 0.6 is 0 Å². The molecule has 3 N–H and O–H groups in total. The Morgan fingerprint density at radius 1 is 1.24 bits per heavy atom. The summed E-state index contributed by atoms with van der Waals surface area (Å²) in [7, 11) is 1.49. The SMILES string of the molecule is COCC[C@H](NC(=O)c1ccc(COc2ccc(F)cc2)o1)C(N)=O. The summed E-state index contributed by atoms with van der Waals surface area (Å²) in [5.74, 6) is -0.674. The van der Waals surface area contributed by atoms with Gasteiger partial charge in [0.1, 0.15) is 30.0 Å². The Morgan fingerprint density at radius 3 is 2.60 bits per heavy atom. The van der Waals surface area contributed by atoms with E-state index in [0.717, 1.165) is 0 Å². The summed E-state index contributed by atoms with van der Waals surface area (Å²) in [4.78, 5) is 23.4. The molecule has 1 atom stereocenters. The highest BCUT2D eigenvalue weighted by molar-refractivity contribution is 5.95. The fourth-order valence-electron chi connectivity index (χ4n) is 2.01. The van der Waals surface area contributed by atoms with Crippen molar-refractivity contribution in [3.8, 4) is 5.75 Å². The van der Waals surface area contributed by atoms with Crippen LogP contribution in [0, 0.1) is 5.82 Å². The third-order valence-corrected chi connectivity index (χ3v) is 3.34. The number of hydrogen-bond donors (Lipinski definition) is 2. The van der Waals surface area contributed by atoms with Crippen LogP contribution in [0.1, 0.15) is 22.7 Å². The van der Waals surface area contributed by atoms with E-state index in [-0.39, 0.29) is 31.2 Å². The van der Waals surface area contributed by atoms with E-state index >= 15 is 0 Å². The van der Waals surface area contributed by atoms with Gasteiger partial charge in [-0.3, -0.25) is 9.59 Å². The van der Waals surface area contributed by atoms with E-state index in [4.69, 9.17) is 19.6 Å². The van der Waals surface area contributed by atoms with Crippen LogP contribution in [0.2, 0.25) is 0 Å². The smallest absolute Gasteiger partial charge is 0.287 e. The molecule has 0 spiro atoms. The van der Waals surface area contributed by atoms with Gasteiger partial charge in [0.05, 0.1) is 0 Å². The Balaban J connectivity index is 1.91. The van der Waals surface area contributed by atoms with Gasteiger partial charge in [-0.25, -0.2) is 4.39 Å². The predicted molar refractivity (Wildman–Crippen MR) is 86.4 cm³/mol. The molecule has 7 nitrogen and oxygen atoms in total. The fraction of sp³-hybridized carbons (Fsp3) is 0.294. The van der Waals surface area contributed by atoms with Crippen molar-refractivity contribution in [2.45, 2.75) is 19.1 Å². The van der Waals surface area contributed by atoms with E-state index in [0.29, 0.717) is 11.5 Å². The van der Waals surface area contributed by atoms with Crippen molar-refractivity contribution in [3.05, 3.63) is 53.7 Å². The molecule has 0 saturated heterocycles. The average molecular weight is 350 g/mol. The number of nitrogens with one attached hydrogen (secondary N) is 1. The van der Waals surface area contributed by atoms with Gasteiger partial charge < -0.3 is 24.9 Å². The number of ether oxygens (including phenoxy) is 2. The molecule has 8 heteroatoms. The fourth-order valence-corrected chi connectivity index (χ4v) is 2.01. The third kappa shape index (κ3) is 5.61. The minimum Gasteiger partial charge on any atom is -0.486 e. The summed E-state index contributed by atoms with van der Waals surface area (Å²) >= 11 is 0. The first-order chi connectivity index (χ1) is 12.0. The maximum Gasteiger partial charge on any atom is 0.287 e. The molecule has 0 radical (unpaired) electrons. The van der Waals surface area contributed by atoms with Crippen LogP contribution in [-0.2, 0) is 16.1 Å². The van der Waals surface area contributed by atoms with Gasteiger partial charge in [-0.1, -0.05) is 0 Å². The summed E-state index contributed by atoms with van der Waals surface area (Å²) in [6.45, 7) is 0.352. The second-order valence-electron chi connectivity index (χ2n) is 5.22. The largest absolute Gasteiger partial charge is 0.486 e. The molecule has 0 bridgehead atoms. The zero-order valence-electron chi connectivity index (χ0n) is 13.7. The second-order valence-corrected chi connectivity index (χ2v) is 5.22. The lowest BCUT2D eigenvalue weighted by atomic mass is 10.2. The van der Waals surface area contributed by atoms with Crippen LogP contribution < -0.4 is 15.8 Å². The molecular formula is C17H19FN2O5. The van der Waals surface area contributed by atoms with Crippen molar-refractivity contribution in [1.82, 2.24) is 5.32 Å². The highest BCUT2D eigenvalue weighted by Gasteiger charge is 2.20. The standard InChI is InChI=1S/C17H19FN2O5/c1-23-9-8-14(16(19)21)20-17(22)15-7-6-13(25-15)10-24-12-4-2-11(18)3-5-12/h2-7,14H,8-10H2,1H3,(H2,19,21)(H,20,22)/t14-/m0/s1. The number of nitrogens with two attached hydrogens (primary N) is 1. The summed E-state index contributed by atoms with van der Waals surface area (Å²) in [6.07, 6.45) is 0.263. The molecule has 1 aromatic carbocycles. The van der Waals surface area contributed by atoms with Gasteiger partial charge in [-0.2, -0.15) is 0 Å². The molecule has 0 aliphatic carbocycles. The molecule has 0 aliphatic heterocycles. The summed E-state index contributed by atoms with van der Waals surface area (Å²) in [5, 5.41) is 2.49. The molecule has 0 aliphatic rings. The van der Waals surface area contributed by atoms with Gasteiger partial charge in [0.15, 0.2) is 5.76 Å². The van der Waals surface area contributed by atoms with Gasteiger partial charge >= 0.3 is 0 Å². The number of rotatable bonds is 9. The Kier molecular flexibility index (Phi) is 6.53. The number of benzene rings is 1. The minimum atomic E-state index is -0.850. The van der Waals surface area contributed by atoms with Crippen LogP contribution in [-0.4, -0.2) is 31.6 Å². The molecule has 2 rings (SSSR count). The number of amides is 2. The Hall–Kier alpha value is -2.87. The summed E-state index contributed by atoms with van der Waals surface area (Å²) < 4.78 is 28.5. The molecular weight excluding hydrogens is 331 g/mol. The Bertz CT molecular complexity index is 714. The normalized spacial score (nSPS) is 11.8. The molecule has 134 valence electrons. The highest BCUT2D eigenvalue weighted by atomic mass is 19.1. The maximum atomic E-state index is 12.8. The van der Waals surface area contributed by atoms with E-state index in [1.165, 1.54) is 37.4 Å². The van der Waals surface area contributed by atoms with Crippen molar-refractivity contribution >= 4 is 11.8 Å². The summed E-state index contributed by atoms with van der Waals surface area (Å²) in [5.41, 5.74) is 5.25. The van der Waals surface area contributed by atoms with Gasteiger partial charge in [0.25, 0.3) is 5.91 Å². The van der Waals surface area contributed by atoms with Crippen LogP contribution in [0.3, 0.4) is 0 Å². The number of carbonyl (C=O) groups is 2. The van der Waals surface area contributed by atoms with Gasteiger partial charge in [0.2, 0.25) is 5.91 Å². The molecule has 25 heavy (non-hydrogen) atoms. The lowest BCUT2D eigenvalue weighted by molar-refractivity contribution is -0.120. The first kappa shape index (κ1) is 18.5. The predicted octanol–water partition coefficient (Wildman–Crippen LogP) is 1.62. The quantitative estimate of drug-likeness (QED) is 0.715. The number of halogens is 1. The topological polar surface area (TPSA) is 104 Å². The molecule has 1 aromatic heterocycles. The first-order valence-corrected chi connectivity index (χ1v) is 7.56. The minimum absolute atomic E-state index is 0.0290. The number of methoxy groups -OCH3 is 1. The number of furan rings is 1. The molecule has 2 aromatic rings. The van der Waals surface area contributed by atoms with Crippen LogP contribution in [0.4, 0.5) is 4.39 Å². The number of primary amides is 1. The molecule has 0 saturated carbocycles. The lowest BCUT2D eigenvalue weighted by Gasteiger charge is -2.13. The monoisotopic (exact) mass is 350 g/mol. The van der Waals surface area contributed by atoms with Crippen LogP contribution in [0.25, 0.3) is 0 Å². The van der Waals surface area contributed by atoms with Crippen LogP contribution in [0.15, 0.2) is 40.8 Å². The van der Waals surface area contributed by atoms with E-state index in [9.17, 15) is 14.0 Å². The van der Waals surface area contributed by atoms with Crippen molar-refractivity contribution in [2.24, 2.45) is 5.73 Å². The zero-order chi connectivity index (χ0) is 18.2. The van der Waals surface area contributed by atoms with E-state index < -0.39 is 17.9 Å². The van der Waals surface area contributed by atoms with Gasteiger partial charge in [-0.05, 0) is 42.8 Å². The van der Waals surface area contributed by atoms with Gasteiger partial charge in [-0.15, -0.1) is 0 Å². The maximum absolute atomic E-state index is 12.8. The number of hydrogen-bond acceptors (Lipinski definition) is 5. The highest BCUT2D eigenvalue weighted by Crippen LogP contribution is 2.15. The van der Waals surface area contributed by atoms with Crippen molar-refractivity contribution < 1.29 is 27.9 Å². The molecule has 1 heterocycles. The first-order valence-electron chi connectivity index (χ1n) is 7.56. The average Bonchev–Trinajstić information content (AvgIpc) is 3.07. The second kappa shape index (κ2) is 8.84. The summed E-state index contributed by atoms with van der Waals surface area (Å²) in [6, 6.07) is 7.72. The molecule has 0 unspecified atom stereocenters. The third-order valence-electron chi connectivity index (χ3n) is 3.34. The molecule has 0 fully saturated rings. The van der Waals surface area contributed by atoms with Crippen molar-refractivity contribution in [2.75, 3.05) is 13.7 Å². The number of carbonyl (C=O) groups excluding carboxylic acids is 2. The Labute approximate surface area is 143 Å². The van der Waals surface area contributed by atoms with Crippen molar-refractivity contribution in [1.29, 1.82) is 0 Å². The lowest BCUT2D eigenvalue weighted by Crippen LogP contribution is -2.45. The van der Waals surface area contributed by atoms with E-state index in [1.54, 1.807) is 6.07 Å².